The van der Waals surface area contributed by atoms with Crippen molar-refractivity contribution in [3.8, 4) is 0 Å². The SMILES string of the molecule is CCNC(=NCc1ccnc(N(C)C)c1)N1CCN(c2ccccc2F)CC1.I. The Bertz CT molecular complexity index is 805. The number of benzene rings is 1. The predicted octanol–water partition coefficient (Wildman–Crippen LogP) is 3.19. The lowest BCUT2D eigenvalue weighted by Gasteiger charge is -2.37. The third-order valence-corrected chi connectivity index (χ3v) is 4.79. The van der Waals surface area contributed by atoms with Gasteiger partial charge in [0.2, 0.25) is 0 Å². The molecular formula is C21H30FIN6. The van der Waals surface area contributed by atoms with Crippen molar-refractivity contribution in [3.05, 3.63) is 54.0 Å². The van der Waals surface area contributed by atoms with E-state index in [0.717, 1.165) is 50.1 Å². The summed E-state index contributed by atoms with van der Waals surface area (Å²) in [5.41, 5.74) is 1.80. The van der Waals surface area contributed by atoms with E-state index in [9.17, 15) is 4.39 Å². The Morgan fingerprint density at radius 2 is 1.90 bits per heavy atom. The third kappa shape index (κ3) is 6.19. The van der Waals surface area contributed by atoms with Gasteiger partial charge in [0.15, 0.2) is 5.96 Å². The normalized spacial score (nSPS) is 14.4. The molecule has 0 aliphatic carbocycles. The molecule has 3 rings (SSSR count). The van der Waals surface area contributed by atoms with Crippen LogP contribution in [0.15, 0.2) is 47.6 Å². The first-order valence-electron chi connectivity index (χ1n) is 9.73. The molecule has 1 saturated heterocycles. The summed E-state index contributed by atoms with van der Waals surface area (Å²) in [5.74, 6) is 1.67. The highest BCUT2D eigenvalue weighted by Crippen LogP contribution is 2.20. The maximum atomic E-state index is 14.0. The highest BCUT2D eigenvalue weighted by molar-refractivity contribution is 14.0. The summed E-state index contributed by atoms with van der Waals surface area (Å²) >= 11 is 0. The zero-order valence-electron chi connectivity index (χ0n) is 17.3. The van der Waals surface area contributed by atoms with Crippen LogP contribution in [0.25, 0.3) is 0 Å². The Morgan fingerprint density at radius 1 is 1.17 bits per heavy atom. The van der Waals surface area contributed by atoms with Crippen LogP contribution in [0.1, 0.15) is 12.5 Å². The van der Waals surface area contributed by atoms with Crippen molar-refractivity contribution in [3.63, 3.8) is 0 Å². The second-order valence-electron chi connectivity index (χ2n) is 7.01. The minimum absolute atomic E-state index is 0. The van der Waals surface area contributed by atoms with Crippen LogP contribution in [0, 0.1) is 5.82 Å². The van der Waals surface area contributed by atoms with Crippen molar-refractivity contribution in [1.29, 1.82) is 0 Å². The molecule has 1 aromatic heterocycles. The summed E-state index contributed by atoms with van der Waals surface area (Å²) in [6, 6.07) is 11.0. The van der Waals surface area contributed by atoms with Crippen LogP contribution < -0.4 is 15.1 Å². The van der Waals surface area contributed by atoms with Gasteiger partial charge in [0.25, 0.3) is 0 Å². The molecule has 1 N–H and O–H groups in total. The third-order valence-electron chi connectivity index (χ3n) is 4.79. The maximum Gasteiger partial charge on any atom is 0.194 e. The van der Waals surface area contributed by atoms with Gasteiger partial charge in [0, 0.05) is 53.0 Å². The van der Waals surface area contributed by atoms with Gasteiger partial charge < -0.3 is 20.0 Å². The Hall–Kier alpha value is -2.10. The zero-order chi connectivity index (χ0) is 19.9. The fourth-order valence-electron chi connectivity index (χ4n) is 3.26. The molecule has 2 heterocycles. The lowest BCUT2D eigenvalue weighted by molar-refractivity contribution is 0.370. The highest BCUT2D eigenvalue weighted by atomic mass is 127. The number of pyridine rings is 1. The lowest BCUT2D eigenvalue weighted by Crippen LogP contribution is -2.52. The van der Waals surface area contributed by atoms with Crippen LogP contribution in [0.5, 0.6) is 0 Å². The number of para-hydroxylation sites is 1. The van der Waals surface area contributed by atoms with Gasteiger partial charge in [-0.15, -0.1) is 24.0 Å². The van der Waals surface area contributed by atoms with Crippen molar-refractivity contribution < 1.29 is 4.39 Å². The van der Waals surface area contributed by atoms with E-state index in [-0.39, 0.29) is 29.8 Å². The number of anilines is 2. The largest absolute Gasteiger partial charge is 0.366 e. The van der Waals surface area contributed by atoms with E-state index in [2.05, 4.69) is 33.1 Å². The van der Waals surface area contributed by atoms with Gasteiger partial charge >= 0.3 is 0 Å². The molecule has 1 fully saturated rings. The summed E-state index contributed by atoms with van der Waals surface area (Å²) in [7, 11) is 3.96. The highest BCUT2D eigenvalue weighted by Gasteiger charge is 2.21. The number of nitrogens with zero attached hydrogens (tertiary/aromatic N) is 5. The van der Waals surface area contributed by atoms with E-state index < -0.39 is 0 Å². The smallest absolute Gasteiger partial charge is 0.194 e. The number of piperazine rings is 1. The van der Waals surface area contributed by atoms with Gasteiger partial charge in [-0.25, -0.2) is 14.4 Å². The van der Waals surface area contributed by atoms with Gasteiger partial charge in [0.05, 0.1) is 12.2 Å². The van der Waals surface area contributed by atoms with Crippen molar-refractivity contribution >= 4 is 41.4 Å². The van der Waals surface area contributed by atoms with E-state index in [4.69, 9.17) is 4.99 Å². The van der Waals surface area contributed by atoms with E-state index >= 15 is 0 Å². The van der Waals surface area contributed by atoms with Crippen LogP contribution in [0.3, 0.4) is 0 Å². The maximum absolute atomic E-state index is 14.0. The average Bonchev–Trinajstić information content (AvgIpc) is 2.72. The minimum atomic E-state index is -0.161. The number of halogens is 2. The van der Waals surface area contributed by atoms with Gasteiger partial charge in [-0.05, 0) is 36.8 Å². The summed E-state index contributed by atoms with van der Waals surface area (Å²) < 4.78 is 14.0. The molecule has 158 valence electrons. The number of hydrogen-bond donors (Lipinski definition) is 1. The first-order chi connectivity index (χ1) is 13.6. The van der Waals surface area contributed by atoms with E-state index in [1.807, 2.05) is 43.4 Å². The molecule has 0 unspecified atom stereocenters. The van der Waals surface area contributed by atoms with Crippen LogP contribution >= 0.6 is 24.0 Å². The number of nitrogens with one attached hydrogen (secondary N) is 1. The molecule has 0 bridgehead atoms. The Morgan fingerprint density at radius 3 is 2.55 bits per heavy atom. The second-order valence-corrected chi connectivity index (χ2v) is 7.01. The van der Waals surface area contributed by atoms with Crippen molar-refractivity contribution in [2.75, 3.05) is 56.6 Å². The van der Waals surface area contributed by atoms with Gasteiger partial charge in [0.1, 0.15) is 11.6 Å². The Labute approximate surface area is 189 Å². The summed E-state index contributed by atoms with van der Waals surface area (Å²) in [4.78, 5) is 15.5. The Kier molecular flexibility index (Phi) is 8.94. The lowest BCUT2D eigenvalue weighted by atomic mass is 10.2. The summed E-state index contributed by atoms with van der Waals surface area (Å²) in [6.45, 7) is 6.63. The zero-order valence-corrected chi connectivity index (χ0v) is 19.6. The predicted molar refractivity (Wildman–Crippen MR) is 129 cm³/mol. The summed E-state index contributed by atoms with van der Waals surface area (Å²) in [6.07, 6.45) is 1.82. The molecule has 2 aromatic rings. The topological polar surface area (TPSA) is 47.0 Å². The van der Waals surface area contributed by atoms with Crippen molar-refractivity contribution in [2.24, 2.45) is 4.99 Å². The summed E-state index contributed by atoms with van der Waals surface area (Å²) in [5, 5.41) is 3.38. The second kappa shape index (κ2) is 11.2. The fourth-order valence-corrected chi connectivity index (χ4v) is 3.26. The number of rotatable bonds is 5. The molecule has 1 aliphatic heterocycles. The number of guanidine groups is 1. The monoisotopic (exact) mass is 512 g/mol. The molecule has 1 aliphatic rings. The molecule has 8 heteroatoms. The Balaban J connectivity index is 0.00000300. The quantitative estimate of drug-likeness (QED) is 0.379. The first-order valence-corrected chi connectivity index (χ1v) is 9.73. The van der Waals surface area contributed by atoms with Gasteiger partial charge in [-0.2, -0.15) is 0 Å². The number of hydrogen-bond acceptors (Lipinski definition) is 4. The molecule has 1 aromatic carbocycles. The van der Waals surface area contributed by atoms with Gasteiger partial charge in [-0.3, -0.25) is 0 Å². The molecule has 0 radical (unpaired) electrons. The fraction of sp³-hybridized carbons (Fsp3) is 0.429. The van der Waals surface area contributed by atoms with Crippen LogP contribution in [0.4, 0.5) is 15.9 Å². The molecule has 0 atom stereocenters. The van der Waals surface area contributed by atoms with Crippen LogP contribution in [-0.2, 0) is 6.54 Å². The molecular weight excluding hydrogens is 482 g/mol. The van der Waals surface area contributed by atoms with Crippen LogP contribution in [0.2, 0.25) is 0 Å². The van der Waals surface area contributed by atoms with Crippen molar-refractivity contribution in [1.82, 2.24) is 15.2 Å². The molecule has 0 saturated carbocycles. The minimum Gasteiger partial charge on any atom is -0.366 e. The molecule has 6 nitrogen and oxygen atoms in total. The van der Waals surface area contributed by atoms with Crippen LogP contribution in [-0.4, -0.2) is 62.7 Å². The molecule has 0 spiro atoms. The van der Waals surface area contributed by atoms with Crippen molar-refractivity contribution in [2.45, 2.75) is 13.5 Å². The first kappa shape index (κ1) is 23.2. The van der Waals surface area contributed by atoms with E-state index in [1.165, 1.54) is 6.07 Å². The van der Waals surface area contributed by atoms with Gasteiger partial charge in [-0.1, -0.05) is 12.1 Å². The number of aromatic nitrogens is 1. The standard InChI is InChI=1S/C21H29FN6.HI/c1-4-23-21(25-16-17-9-10-24-20(15-17)26(2)3)28-13-11-27(12-14-28)19-8-6-5-7-18(19)22;/h5-10,15H,4,11-14,16H2,1-3H3,(H,23,25);1H. The molecule has 0 amide bonds. The van der Waals surface area contributed by atoms with E-state index in [1.54, 1.807) is 6.07 Å². The molecule has 29 heavy (non-hydrogen) atoms. The van der Waals surface area contributed by atoms with E-state index in [0.29, 0.717) is 12.2 Å². The number of aliphatic imine (C=N–C) groups is 1. The average molecular weight is 512 g/mol.